The Morgan fingerprint density at radius 2 is 2.09 bits per heavy atom. The molecule has 0 fully saturated rings. The summed E-state index contributed by atoms with van der Waals surface area (Å²) in [6, 6.07) is 6.09. The third-order valence-electron chi connectivity index (χ3n) is 3.57. The average molecular weight is 296 g/mol. The first-order chi connectivity index (χ1) is 10.7. The molecule has 0 atom stereocenters. The number of benzene rings is 1. The van der Waals surface area contributed by atoms with E-state index in [4.69, 9.17) is 5.73 Å². The molecule has 0 bridgehead atoms. The zero-order chi connectivity index (χ0) is 15.5. The van der Waals surface area contributed by atoms with Crippen molar-refractivity contribution in [1.82, 2.24) is 19.7 Å². The summed E-state index contributed by atoms with van der Waals surface area (Å²) in [6.07, 6.45) is 6.06. The molecule has 114 valence electrons. The zero-order valence-electron chi connectivity index (χ0n) is 12.9. The fraction of sp³-hybridized carbons (Fsp3) is 0.312. The van der Waals surface area contributed by atoms with E-state index in [-0.39, 0.29) is 0 Å². The van der Waals surface area contributed by atoms with Gasteiger partial charge in [-0.2, -0.15) is 10.1 Å². The molecule has 0 aliphatic carbocycles. The van der Waals surface area contributed by atoms with Crippen LogP contribution in [-0.4, -0.2) is 26.3 Å². The number of aromatic nitrogens is 4. The van der Waals surface area contributed by atoms with Gasteiger partial charge in [-0.1, -0.05) is 19.4 Å². The lowest BCUT2D eigenvalue weighted by atomic mass is 10.1. The number of nitrogen functional groups attached to an aromatic ring is 1. The van der Waals surface area contributed by atoms with Gasteiger partial charge >= 0.3 is 0 Å². The maximum atomic E-state index is 5.81. The van der Waals surface area contributed by atoms with E-state index >= 15 is 0 Å². The lowest BCUT2D eigenvalue weighted by molar-refractivity contribution is 0.768. The molecule has 0 spiro atoms. The van der Waals surface area contributed by atoms with Crippen LogP contribution in [-0.2, 0) is 7.05 Å². The monoisotopic (exact) mass is 296 g/mol. The largest absolute Gasteiger partial charge is 0.369 e. The molecule has 0 radical (unpaired) electrons. The molecule has 2 heterocycles. The van der Waals surface area contributed by atoms with Crippen LogP contribution in [0.3, 0.4) is 0 Å². The number of hydrogen-bond donors (Lipinski definition) is 2. The average Bonchev–Trinajstić information content (AvgIpc) is 2.93. The normalized spacial score (nSPS) is 11.0. The van der Waals surface area contributed by atoms with Gasteiger partial charge in [0.15, 0.2) is 0 Å². The first kappa shape index (κ1) is 14.3. The zero-order valence-corrected chi connectivity index (χ0v) is 12.9. The van der Waals surface area contributed by atoms with Crippen molar-refractivity contribution in [3.05, 3.63) is 30.6 Å². The van der Waals surface area contributed by atoms with Crippen molar-refractivity contribution < 1.29 is 0 Å². The molecule has 0 saturated heterocycles. The Kier molecular flexibility index (Phi) is 3.91. The van der Waals surface area contributed by atoms with Crippen LogP contribution in [0, 0.1) is 0 Å². The number of aryl methyl sites for hydroxylation is 1. The number of unbranched alkanes of at least 4 members (excludes halogenated alkanes) is 1. The van der Waals surface area contributed by atoms with Gasteiger partial charge in [0, 0.05) is 30.7 Å². The van der Waals surface area contributed by atoms with Gasteiger partial charge in [-0.25, -0.2) is 4.98 Å². The molecule has 22 heavy (non-hydrogen) atoms. The fourth-order valence-electron chi connectivity index (χ4n) is 2.41. The molecule has 3 rings (SSSR count). The number of rotatable bonds is 5. The third kappa shape index (κ3) is 2.86. The Morgan fingerprint density at radius 1 is 1.23 bits per heavy atom. The molecule has 0 saturated carbocycles. The topological polar surface area (TPSA) is 81.7 Å². The van der Waals surface area contributed by atoms with E-state index in [1.54, 1.807) is 4.68 Å². The van der Waals surface area contributed by atoms with Gasteiger partial charge in [-0.3, -0.25) is 4.68 Å². The standard InChI is InChI=1S/C16H20N6/c1-3-4-7-18-15-13-8-11(12-9-19-22(2)10-12)5-6-14(13)20-16(17)21-15/h5-6,8-10H,3-4,7H2,1-2H3,(H3,17,18,20,21). The predicted molar refractivity (Wildman–Crippen MR) is 89.6 cm³/mol. The summed E-state index contributed by atoms with van der Waals surface area (Å²) in [6.45, 7) is 3.04. The first-order valence-corrected chi connectivity index (χ1v) is 7.47. The summed E-state index contributed by atoms with van der Waals surface area (Å²) < 4.78 is 1.79. The Hall–Kier alpha value is -2.63. The molecule has 0 unspecified atom stereocenters. The lowest BCUT2D eigenvalue weighted by Crippen LogP contribution is -2.06. The quantitative estimate of drug-likeness (QED) is 0.707. The molecule has 3 aromatic rings. The van der Waals surface area contributed by atoms with E-state index in [9.17, 15) is 0 Å². The number of hydrogen-bond acceptors (Lipinski definition) is 5. The van der Waals surface area contributed by atoms with Crippen molar-refractivity contribution in [2.24, 2.45) is 7.05 Å². The van der Waals surface area contributed by atoms with Crippen LogP contribution in [0.1, 0.15) is 19.8 Å². The number of nitrogens with one attached hydrogen (secondary N) is 1. The summed E-state index contributed by atoms with van der Waals surface area (Å²) in [5.41, 5.74) is 8.81. The van der Waals surface area contributed by atoms with Crippen molar-refractivity contribution >= 4 is 22.7 Å². The fourth-order valence-corrected chi connectivity index (χ4v) is 2.41. The van der Waals surface area contributed by atoms with Gasteiger partial charge in [0.25, 0.3) is 0 Å². The van der Waals surface area contributed by atoms with Crippen LogP contribution in [0.4, 0.5) is 11.8 Å². The number of nitrogens with zero attached hydrogens (tertiary/aromatic N) is 4. The first-order valence-electron chi connectivity index (χ1n) is 7.47. The van der Waals surface area contributed by atoms with Gasteiger partial charge in [-0.15, -0.1) is 0 Å². The SMILES string of the molecule is CCCCNc1nc(N)nc2ccc(-c3cnn(C)c3)cc12. The summed E-state index contributed by atoms with van der Waals surface area (Å²) in [7, 11) is 1.91. The minimum atomic E-state index is 0.292. The summed E-state index contributed by atoms with van der Waals surface area (Å²) in [5, 5.41) is 8.56. The second-order valence-corrected chi connectivity index (χ2v) is 5.35. The van der Waals surface area contributed by atoms with Gasteiger partial charge in [0.1, 0.15) is 5.82 Å². The Labute approximate surface area is 129 Å². The van der Waals surface area contributed by atoms with E-state index in [1.165, 1.54) is 0 Å². The van der Waals surface area contributed by atoms with Gasteiger partial charge < -0.3 is 11.1 Å². The minimum absolute atomic E-state index is 0.292. The highest BCUT2D eigenvalue weighted by Crippen LogP contribution is 2.27. The van der Waals surface area contributed by atoms with Crippen molar-refractivity contribution in [2.45, 2.75) is 19.8 Å². The van der Waals surface area contributed by atoms with Crippen LogP contribution >= 0.6 is 0 Å². The van der Waals surface area contributed by atoms with E-state index in [0.29, 0.717) is 5.95 Å². The molecule has 1 aromatic carbocycles. The van der Waals surface area contributed by atoms with Gasteiger partial charge in [-0.05, 0) is 24.1 Å². The second-order valence-electron chi connectivity index (χ2n) is 5.35. The van der Waals surface area contributed by atoms with E-state index < -0.39 is 0 Å². The highest BCUT2D eigenvalue weighted by atomic mass is 15.2. The third-order valence-corrected chi connectivity index (χ3v) is 3.57. The Balaban J connectivity index is 2.04. The van der Waals surface area contributed by atoms with Crippen LogP contribution in [0.25, 0.3) is 22.0 Å². The van der Waals surface area contributed by atoms with Crippen LogP contribution in [0.5, 0.6) is 0 Å². The van der Waals surface area contributed by atoms with Gasteiger partial charge in [0.05, 0.1) is 11.7 Å². The van der Waals surface area contributed by atoms with Crippen LogP contribution < -0.4 is 11.1 Å². The Morgan fingerprint density at radius 3 is 2.82 bits per heavy atom. The van der Waals surface area contributed by atoms with Crippen molar-refractivity contribution in [3.8, 4) is 11.1 Å². The second kappa shape index (κ2) is 6.01. The highest BCUT2D eigenvalue weighted by Gasteiger charge is 2.08. The molecule has 0 aliphatic heterocycles. The molecule has 3 N–H and O–H groups in total. The maximum absolute atomic E-state index is 5.81. The molecule has 6 nitrogen and oxygen atoms in total. The van der Waals surface area contributed by atoms with Crippen molar-refractivity contribution in [3.63, 3.8) is 0 Å². The van der Waals surface area contributed by atoms with Crippen LogP contribution in [0.15, 0.2) is 30.6 Å². The number of anilines is 2. The van der Waals surface area contributed by atoms with Crippen molar-refractivity contribution in [2.75, 3.05) is 17.6 Å². The summed E-state index contributed by atoms with van der Waals surface area (Å²) in [4.78, 5) is 8.66. The number of nitrogens with two attached hydrogens (primary N) is 1. The van der Waals surface area contributed by atoms with E-state index in [1.807, 2.05) is 31.6 Å². The van der Waals surface area contributed by atoms with Gasteiger partial charge in [0.2, 0.25) is 5.95 Å². The molecule has 6 heteroatoms. The van der Waals surface area contributed by atoms with Crippen LogP contribution in [0.2, 0.25) is 0 Å². The molecule has 0 aliphatic rings. The van der Waals surface area contributed by atoms with E-state index in [0.717, 1.165) is 47.2 Å². The lowest BCUT2D eigenvalue weighted by Gasteiger charge is -2.10. The smallest absolute Gasteiger partial charge is 0.222 e. The number of fused-ring (bicyclic) bond motifs is 1. The Bertz CT molecular complexity index is 792. The predicted octanol–water partition coefficient (Wildman–Crippen LogP) is 2.82. The molecular weight excluding hydrogens is 276 g/mol. The highest BCUT2D eigenvalue weighted by molar-refractivity contribution is 5.93. The summed E-state index contributed by atoms with van der Waals surface area (Å²) >= 11 is 0. The molecular formula is C16H20N6. The molecule has 2 aromatic heterocycles. The van der Waals surface area contributed by atoms with E-state index in [2.05, 4.69) is 33.4 Å². The minimum Gasteiger partial charge on any atom is -0.369 e. The maximum Gasteiger partial charge on any atom is 0.222 e. The molecule has 0 amide bonds. The summed E-state index contributed by atoms with van der Waals surface area (Å²) in [5.74, 6) is 1.09. The van der Waals surface area contributed by atoms with Crippen molar-refractivity contribution in [1.29, 1.82) is 0 Å².